The minimum atomic E-state index is -0.612. The highest BCUT2D eigenvalue weighted by Gasteiger charge is 2.27. The molecule has 1 heterocycles. The monoisotopic (exact) mass is 359 g/mol. The smallest absolute Gasteiger partial charge is 0.237 e. The van der Waals surface area contributed by atoms with Crippen LogP contribution in [0.25, 0.3) is 0 Å². The van der Waals surface area contributed by atoms with Gasteiger partial charge in [0, 0.05) is 41.8 Å². The van der Waals surface area contributed by atoms with Crippen molar-refractivity contribution in [3.63, 3.8) is 0 Å². The highest BCUT2D eigenvalue weighted by Crippen LogP contribution is 2.30. The van der Waals surface area contributed by atoms with Crippen molar-refractivity contribution in [1.82, 2.24) is 15.1 Å². The van der Waals surface area contributed by atoms with Gasteiger partial charge in [0.15, 0.2) is 0 Å². The van der Waals surface area contributed by atoms with Crippen molar-refractivity contribution in [3.05, 3.63) is 33.8 Å². The van der Waals surface area contributed by atoms with E-state index in [1.54, 1.807) is 18.2 Å². The summed E-state index contributed by atoms with van der Waals surface area (Å²) >= 11 is 12.3. The van der Waals surface area contributed by atoms with Gasteiger partial charge in [0.25, 0.3) is 0 Å². The Kier molecular flexibility index (Phi) is 6.68. The molecule has 128 valence electrons. The molecule has 1 saturated heterocycles. The van der Waals surface area contributed by atoms with Crippen LogP contribution < -0.4 is 5.32 Å². The van der Waals surface area contributed by atoms with Crippen molar-refractivity contribution in [2.24, 2.45) is 0 Å². The zero-order valence-electron chi connectivity index (χ0n) is 13.4. The fraction of sp³-hybridized carbons (Fsp3) is 0.562. The van der Waals surface area contributed by atoms with E-state index in [9.17, 15) is 9.90 Å². The Morgan fingerprint density at radius 3 is 2.35 bits per heavy atom. The van der Waals surface area contributed by atoms with Crippen LogP contribution in [0.1, 0.15) is 18.5 Å². The number of hydrogen-bond acceptors (Lipinski definition) is 4. The van der Waals surface area contributed by atoms with Crippen LogP contribution in [-0.4, -0.2) is 66.7 Å². The molecule has 2 rings (SSSR count). The molecule has 0 aromatic heterocycles. The minimum absolute atomic E-state index is 0.135. The molecule has 0 spiro atoms. The maximum atomic E-state index is 12.5. The van der Waals surface area contributed by atoms with Gasteiger partial charge in [0.1, 0.15) is 0 Å². The van der Waals surface area contributed by atoms with E-state index in [2.05, 4.69) is 22.2 Å². The summed E-state index contributed by atoms with van der Waals surface area (Å²) in [5, 5.41) is 13.4. The number of nitrogens with zero attached hydrogens (tertiary/aromatic N) is 2. The number of piperazine rings is 1. The molecular formula is C16H23Cl2N3O2. The summed E-state index contributed by atoms with van der Waals surface area (Å²) in [6, 6.07) is 4.25. The molecule has 2 N–H and O–H groups in total. The normalized spacial score (nSPS) is 19.3. The summed E-state index contributed by atoms with van der Waals surface area (Å²) in [5.41, 5.74) is 0.553. The Balaban J connectivity index is 2.05. The zero-order chi connectivity index (χ0) is 17.0. The Morgan fingerprint density at radius 1 is 1.26 bits per heavy atom. The predicted molar refractivity (Wildman–Crippen MR) is 93.0 cm³/mol. The zero-order valence-corrected chi connectivity index (χ0v) is 14.9. The molecule has 23 heavy (non-hydrogen) atoms. The van der Waals surface area contributed by atoms with E-state index in [0.29, 0.717) is 15.6 Å². The third kappa shape index (κ3) is 4.58. The van der Waals surface area contributed by atoms with Crippen LogP contribution in [0.3, 0.4) is 0 Å². The third-order valence-electron chi connectivity index (χ3n) is 4.31. The molecule has 0 aliphatic carbocycles. The second-order valence-corrected chi connectivity index (χ2v) is 6.71. The van der Waals surface area contributed by atoms with Crippen LogP contribution in [0.5, 0.6) is 0 Å². The van der Waals surface area contributed by atoms with E-state index < -0.39 is 6.04 Å². The Morgan fingerprint density at radius 2 is 1.83 bits per heavy atom. The molecule has 1 aromatic rings. The van der Waals surface area contributed by atoms with Gasteiger partial charge in [-0.25, -0.2) is 0 Å². The molecule has 0 radical (unpaired) electrons. The lowest BCUT2D eigenvalue weighted by molar-refractivity contribution is -0.127. The average molecular weight is 360 g/mol. The van der Waals surface area contributed by atoms with Crippen LogP contribution in [0, 0.1) is 0 Å². The summed E-state index contributed by atoms with van der Waals surface area (Å²) in [6.45, 7) is 5.20. The Hall–Kier alpha value is -0.850. The molecule has 1 fully saturated rings. The number of rotatable bonds is 5. The van der Waals surface area contributed by atoms with Gasteiger partial charge < -0.3 is 15.3 Å². The van der Waals surface area contributed by atoms with Crippen molar-refractivity contribution in [3.8, 4) is 0 Å². The number of carbonyl (C=O) groups excluding carboxylic acids is 1. The highest BCUT2D eigenvalue weighted by molar-refractivity contribution is 6.36. The summed E-state index contributed by atoms with van der Waals surface area (Å²) < 4.78 is 0. The molecular weight excluding hydrogens is 337 g/mol. The molecule has 1 aromatic carbocycles. The molecule has 5 nitrogen and oxygen atoms in total. The van der Waals surface area contributed by atoms with Crippen LogP contribution in [0.2, 0.25) is 10.0 Å². The van der Waals surface area contributed by atoms with Crippen LogP contribution in [0.4, 0.5) is 0 Å². The molecule has 1 aliphatic rings. The van der Waals surface area contributed by atoms with E-state index in [4.69, 9.17) is 23.2 Å². The Labute approximate surface area is 147 Å². The fourth-order valence-corrected chi connectivity index (χ4v) is 3.38. The van der Waals surface area contributed by atoms with Crippen molar-refractivity contribution < 1.29 is 9.90 Å². The maximum Gasteiger partial charge on any atom is 0.237 e. The first kappa shape index (κ1) is 18.5. The van der Waals surface area contributed by atoms with Gasteiger partial charge in [-0.3, -0.25) is 9.69 Å². The van der Waals surface area contributed by atoms with Gasteiger partial charge in [-0.05, 0) is 26.1 Å². The van der Waals surface area contributed by atoms with E-state index in [1.165, 1.54) is 0 Å². The van der Waals surface area contributed by atoms with Gasteiger partial charge in [-0.1, -0.05) is 29.3 Å². The molecule has 0 saturated carbocycles. The first-order valence-electron chi connectivity index (χ1n) is 7.71. The van der Waals surface area contributed by atoms with Gasteiger partial charge in [-0.15, -0.1) is 0 Å². The largest absolute Gasteiger partial charge is 0.394 e. The number of benzene rings is 1. The number of nitrogens with one attached hydrogen (secondary N) is 1. The lowest BCUT2D eigenvalue weighted by Gasteiger charge is -2.36. The Bertz CT molecular complexity index is 528. The first-order valence-corrected chi connectivity index (χ1v) is 8.47. The predicted octanol–water partition coefficient (Wildman–Crippen LogP) is 1.78. The average Bonchev–Trinajstić information content (AvgIpc) is 2.53. The number of amides is 1. The lowest BCUT2D eigenvalue weighted by atomic mass is 10.1. The number of hydrogen-bond donors (Lipinski definition) is 2. The quantitative estimate of drug-likeness (QED) is 0.841. The number of aliphatic hydroxyl groups excluding tert-OH is 1. The lowest BCUT2D eigenvalue weighted by Crippen LogP contribution is -2.53. The standard InChI is InChI=1S/C16H23Cl2N3O2/c1-11(21-8-6-20(2)7-9-21)16(23)19-14(10-22)15-12(17)4-3-5-13(15)18/h3-5,11,14,22H,6-10H2,1-2H3,(H,19,23). The minimum Gasteiger partial charge on any atom is -0.394 e. The van der Waals surface area contributed by atoms with E-state index in [1.807, 2.05) is 6.92 Å². The summed E-state index contributed by atoms with van der Waals surface area (Å²) in [5.74, 6) is -0.135. The fourth-order valence-electron chi connectivity index (χ4n) is 2.72. The highest BCUT2D eigenvalue weighted by atomic mass is 35.5. The number of likely N-dealkylation sites (N-methyl/N-ethyl adjacent to an activating group) is 1. The molecule has 1 aliphatic heterocycles. The molecule has 7 heteroatoms. The van der Waals surface area contributed by atoms with Crippen molar-refractivity contribution in [2.45, 2.75) is 19.0 Å². The topological polar surface area (TPSA) is 55.8 Å². The van der Waals surface area contributed by atoms with E-state index in [-0.39, 0.29) is 18.6 Å². The second-order valence-electron chi connectivity index (χ2n) is 5.89. The van der Waals surface area contributed by atoms with Gasteiger partial charge in [-0.2, -0.15) is 0 Å². The van der Waals surface area contributed by atoms with E-state index >= 15 is 0 Å². The van der Waals surface area contributed by atoms with Gasteiger partial charge >= 0.3 is 0 Å². The van der Waals surface area contributed by atoms with Crippen molar-refractivity contribution in [2.75, 3.05) is 39.8 Å². The number of halogens is 2. The van der Waals surface area contributed by atoms with Crippen molar-refractivity contribution >= 4 is 29.1 Å². The van der Waals surface area contributed by atoms with Crippen LogP contribution in [-0.2, 0) is 4.79 Å². The van der Waals surface area contributed by atoms with Crippen molar-refractivity contribution in [1.29, 1.82) is 0 Å². The third-order valence-corrected chi connectivity index (χ3v) is 4.97. The molecule has 0 bridgehead atoms. The first-order chi connectivity index (χ1) is 10.9. The maximum absolute atomic E-state index is 12.5. The van der Waals surface area contributed by atoms with E-state index in [0.717, 1.165) is 26.2 Å². The number of carbonyl (C=O) groups is 1. The van der Waals surface area contributed by atoms with Gasteiger partial charge in [0.05, 0.1) is 18.7 Å². The van der Waals surface area contributed by atoms with Crippen LogP contribution in [0.15, 0.2) is 18.2 Å². The van der Waals surface area contributed by atoms with Crippen LogP contribution >= 0.6 is 23.2 Å². The second kappa shape index (κ2) is 8.31. The summed E-state index contributed by atoms with van der Waals surface area (Å²) in [7, 11) is 2.07. The van der Waals surface area contributed by atoms with Gasteiger partial charge in [0.2, 0.25) is 5.91 Å². The molecule has 2 unspecified atom stereocenters. The SMILES string of the molecule is CC(C(=O)NC(CO)c1c(Cl)cccc1Cl)N1CCN(C)CC1. The summed E-state index contributed by atoms with van der Waals surface area (Å²) in [6.07, 6.45) is 0. The molecule has 1 amide bonds. The summed E-state index contributed by atoms with van der Waals surface area (Å²) in [4.78, 5) is 16.9. The number of aliphatic hydroxyl groups is 1. The molecule has 2 atom stereocenters.